The highest BCUT2D eigenvalue weighted by Gasteiger charge is 2.03. The third-order valence-corrected chi connectivity index (χ3v) is 2.83. The molecular formula is C10H9BrN2. The summed E-state index contributed by atoms with van der Waals surface area (Å²) >= 11 is 3.46. The summed E-state index contributed by atoms with van der Waals surface area (Å²) < 4.78 is 3.18. The Labute approximate surface area is 85.4 Å². The molecule has 0 saturated carbocycles. The second-order valence-corrected chi connectivity index (χ2v) is 3.65. The normalized spacial score (nSPS) is 10.3. The fourth-order valence-corrected chi connectivity index (χ4v) is 1.62. The van der Waals surface area contributed by atoms with Crippen molar-refractivity contribution >= 4 is 15.9 Å². The number of hydrogen-bond donors (Lipinski definition) is 0. The van der Waals surface area contributed by atoms with E-state index in [0.29, 0.717) is 0 Å². The Bertz CT molecular complexity index is 406. The van der Waals surface area contributed by atoms with Crippen LogP contribution in [0.4, 0.5) is 0 Å². The molecule has 0 amide bonds. The summed E-state index contributed by atoms with van der Waals surface area (Å²) in [5.41, 5.74) is 2.37. The smallest absolute Gasteiger partial charge is 0.0848 e. The molecule has 0 fully saturated rings. The van der Waals surface area contributed by atoms with Gasteiger partial charge in [-0.1, -0.05) is 0 Å². The summed E-state index contributed by atoms with van der Waals surface area (Å²) in [6.07, 6.45) is 3.60. The van der Waals surface area contributed by atoms with E-state index in [-0.39, 0.29) is 0 Å². The number of aromatic nitrogens is 2. The van der Waals surface area contributed by atoms with E-state index >= 15 is 0 Å². The molecule has 0 aliphatic carbocycles. The van der Waals surface area contributed by atoms with Gasteiger partial charge in [-0.15, -0.1) is 0 Å². The topological polar surface area (TPSA) is 17.8 Å². The number of halogens is 1. The van der Waals surface area contributed by atoms with Crippen molar-refractivity contribution in [3.05, 3.63) is 41.3 Å². The van der Waals surface area contributed by atoms with Gasteiger partial charge in [-0.05, 0) is 40.2 Å². The average Bonchev–Trinajstić information content (AvgIpc) is 2.49. The van der Waals surface area contributed by atoms with Crippen LogP contribution in [-0.4, -0.2) is 9.55 Å². The molecule has 0 radical (unpaired) electrons. The van der Waals surface area contributed by atoms with Crippen molar-refractivity contribution in [1.29, 1.82) is 0 Å². The molecule has 2 aromatic rings. The van der Waals surface area contributed by atoms with Gasteiger partial charge in [-0.3, -0.25) is 4.98 Å². The van der Waals surface area contributed by atoms with Crippen LogP contribution in [0.3, 0.4) is 0 Å². The first kappa shape index (κ1) is 8.51. The molecule has 0 N–H and O–H groups in total. The van der Waals surface area contributed by atoms with Gasteiger partial charge in [-0.2, -0.15) is 0 Å². The molecule has 2 heterocycles. The van der Waals surface area contributed by atoms with Gasteiger partial charge < -0.3 is 4.57 Å². The summed E-state index contributed by atoms with van der Waals surface area (Å²) in [6, 6.07) is 8.12. The Morgan fingerprint density at radius 2 is 1.85 bits per heavy atom. The van der Waals surface area contributed by atoms with Gasteiger partial charge >= 0.3 is 0 Å². The van der Waals surface area contributed by atoms with Crippen molar-refractivity contribution in [3.63, 3.8) is 0 Å². The standard InChI is InChI=1S/C10H9BrN2/c1-13-9(2-3-10(13)11)8-4-6-12-7-5-8/h2-7H,1H3. The van der Waals surface area contributed by atoms with Gasteiger partial charge in [0.25, 0.3) is 0 Å². The maximum atomic E-state index is 3.99. The molecule has 0 saturated heterocycles. The lowest BCUT2D eigenvalue weighted by atomic mass is 10.2. The zero-order valence-corrected chi connectivity index (χ0v) is 8.82. The van der Waals surface area contributed by atoms with E-state index in [1.165, 1.54) is 11.3 Å². The van der Waals surface area contributed by atoms with Crippen molar-refractivity contribution in [3.8, 4) is 11.3 Å². The number of pyridine rings is 1. The molecule has 0 bridgehead atoms. The van der Waals surface area contributed by atoms with Crippen LogP contribution in [0.1, 0.15) is 0 Å². The van der Waals surface area contributed by atoms with Gasteiger partial charge in [0.15, 0.2) is 0 Å². The van der Waals surface area contributed by atoms with Crippen molar-refractivity contribution in [2.24, 2.45) is 7.05 Å². The maximum Gasteiger partial charge on any atom is 0.0848 e. The third kappa shape index (κ3) is 1.52. The van der Waals surface area contributed by atoms with Crippen molar-refractivity contribution < 1.29 is 0 Å². The molecule has 66 valence electrons. The van der Waals surface area contributed by atoms with E-state index < -0.39 is 0 Å². The third-order valence-electron chi connectivity index (χ3n) is 2.04. The zero-order valence-electron chi connectivity index (χ0n) is 7.24. The summed E-state index contributed by atoms with van der Waals surface area (Å²) in [5, 5.41) is 0. The minimum absolute atomic E-state index is 1.08. The lowest BCUT2D eigenvalue weighted by Gasteiger charge is -2.03. The fourth-order valence-electron chi connectivity index (χ4n) is 1.30. The summed E-state index contributed by atoms with van der Waals surface area (Å²) in [4.78, 5) is 3.99. The highest BCUT2D eigenvalue weighted by Crippen LogP contribution is 2.23. The summed E-state index contributed by atoms with van der Waals surface area (Å²) in [6.45, 7) is 0. The van der Waals surface area contributed by atoms with E-state index in [2.05, 4.69) is 31.5 Å². The molecular weight excluding hydrogens is 228 g/mol. The monoisotopic (exact) mass is 236 g/mol. The van der Waals surface area contributed by atoms with Crippen LogP contribution in [0.25, 0.3) is 11.3 Å². The average molecular weight is 237 g/mol. The Balaban J connectivity index is 2.53. The van der Waals surface area contributed by atoms with Gasteiger partial charge in [0.2, 0.25) is 0 Å². The maximum absolute atomic E-state index is 3.99. The van der Waals surface area contributed by atoms with Gasteiger partial charge in [0, 0.05) is 30.7 Å². The zero-order chi connectivity index (χ0) is 9.26. The minimum atomic E-state index is 1.08. The van der Waals surface area contributed by atoms with E-state index in [1.807, 2.05) is 25.2 Å². The van der Waals surface area contributed by atoms with Gasteiger partial charge in [0.05, 0.1) is 4.60 Å². The van der Waals surface area contributed by atoms with Crippen molar-refractivity contribution in [2.75, 3.05) is 0 Å². The van der Waals surface area contributed by atoms with Gasteiger partial charge in [0.1, 0.15) is 0 Å². The Morgan fingerprint density at radius 3 is 2.38 bits per heavy atom. The first-order valence-electron chi connectivity index (χ1n) is 4.00. The second-order valence-electron chi connectivity index (χ2n) is 2.84. The van der Waals surface area contributed by atoms with E-state index in [1.54, 1.807) is 12.4 Å². The Morgan fingerprint density at radius 1 is 1.15 bits per heavy atom. The van der Waals surface area contributed by atoms with Crippen LogP contribution in [0.5, 0.6) is 0 Å². The molecule has 2 nitrogen and oxygen atoms in total. The lowest BCUT2D eigenvalue weighted by molar-refractivity contribution is 0.910. The van der Waals surface area contributed by atoms with E-state index in [4.69, 9.17) is 0 Å². The molecule has 0 aliphatic rings. The van der Waals surface area contributed by atoms with E-state index in [0.717, 1.165) is 4.60 Å². The first-order valence-corrected chi connectivity index (χ1v) is 4.80. The summed E-state index contributed by atoms with van der Waals surface area (Å²) in [7, 11) is 2.03. The van der Waals surface area contributed by atoms with Crippen LogP contribution in [0.2, 0.25) is 0 Å². The minimum Gasteiger partial charge on any atom is -0.338 e. The lowest BCUT2D eigenvalue weighted by Crippen LogP contribution is -1.90. The number of rotatable bonds is 1. The number of hydrogen-bond acceptors (Lipinski definition) is 1. The van der Waals surface area contributed by atoms with Gasteiger partial charge in [-0.25, -0.2) is 0 Å². The summed E-state index contributed by atoms with van der Waals surface area (Å²) in [5.74, 6) is 0. The molecule has 0 spiro atoms. The molecule has 0 atom stereocenters. The molecule has 13 heavy (non-hydrogen) atoms. The fraction of sp³-hybridized carbons (Fsp3) is 0.100. The van der Waals surface area contributed by atoms with Crippen LogP contribution in [-0.2, 0) is 7.05 Å². The second kappa shape index (κ2) is 3.34. The van der Waals surface area contributed by atoms with Crippen LogP contribution >= 0.6 is 15.9 Å². The molecule has 2 rings (SSSR count). The SMILES string of the molecule is Cn1c(Br)ccc1-c1ccncc1. The highest BCUT2D eigenvalue weighted by atomic mass is 79.9. The quantitative estimate of drug-likeness (QED) is 0.745. The molecule has 0 aromatic carbocycles. The highest BCUT2D eigenvalue weighted by molar-refractivity contribution is 9.10. The molecule has 0 aliphatic heterocycles. The van der Waals surface area contributed by atoms with Crippen LogP contribution < -0.4 is 0 Å². The predicted octanol–water partition coefficient (Wildman–Crippen LogP) is 2.85. The van der Waals surface area contributed by atoms with Crippen molar-refractivity contribution in [2.45, 2.75) is 0 Å². The predicted molar refractivity (Wildman–Crippen MR) is 56.3 cm³/mol. The van der Waals surface area contributed by atoms with Crippen molar-refractivity contribution in [1.82, 2.24) is 9.55 Å². The largest absolute Gasteiger partial charge is 0.338 e. The first-order chi connectivity index (χ1) is 6.29. The Kier molecular flexibility index (Phi) is 2.19. The number of nitrogens with zero attached hydrogens (tertiary/aromatic N) is 2. The van der Waals surface area contributed by atoms with Crippen LogP contribution in [0, 0.1) is 0 Å². The van der Waals surface area contributed by atoms with Crippen LogP contribution in [0.15, 0.2) is 41.3 Å². The molecule has 3 heteroatoms. The van der Waals surface area contributed by atoms with E-state index in [9.17, 15) is 0 Å². The molecule has 2 aromatic heterocycles. The molecule has 0 unspecified atom stereocenters. The Hall–Kier alpha value is -1.09.